The highest BCUT2D eigenvalue weighted by molar-refractivity contribution is 5.40. The molecular formula is C23H40N2O3. The van der Waals surface area contributed by atoms with Crippen LogP contribution >= 0.6 is 0 Å². The molecule has 0 aromatic heterocycles. The fourth-order valence-corrected chi connectivity index (χ4v) is 3.70. The monoisotopic (exact) mass is 392 g/mol. The van der Waals surface area contributed by atoms with Crippen LogP contribution in [0.1, 0.15) is 63.9 Å². The number of aliphatic hydroxyl groups excluding tert-OH is 1. The molecule has 1 aromatic carbocycles. The zero-order valence-corrected chi connectivity index (χ0v) is 17.9. The van der Waals surface area contributed by atoms with Crippen molar-refractivity contribution in [2.24, 2.45) is 0 Å². The van der Waals surface area contributed by atoms with E-state index in [1.807, 2.05) is 18.2 Å². The zero-order valence-electron chi connectivity index (χ0n) is 17.9. The summed E-state index contributed by atoms with van der Waals surface area (Å²) in [5, 5.41) is 14.0. The summed E-state index contributed by atoms with van der Waals surface area (Å²) in [6.45, 7) is 7.17. The molecular weight excluding hydrogens is 352 g/mol. The summed E-state index contributed by atoms with van der Waals surface area (Å²) in [6.07, 6.45) is 9.63. The van der Waals surface area contributed by atoms with Crippen LogP contribution in [0.5, 0.6) is 11.5 Å². The molecule has 0 saturated carbocycles. The zero-order chi connectivity index (χ0) is 20.0. The summed E-state index contributed by atoms with van der Waals surface area (Å²) in [7, 11) is 1.67. The van der Waals surface area contributed by atoms with Crippen LogP contribution < -0.4 is 14.8 Å². The normalized spacial score (nSPS) is 17.0. The maximum absolute atomic E-state index is 10.5. The Kier molecular flexibility index (Phi) is 11.3. The Morgan fingerprint density at radius 3 is 2.57 bits per heavy atom. The number of β-amino-alcohol motifs (C(OH)–C–C–N with tert-alkyl or cyclic N) is 1. The highest BCUT2D eigenvalue weighted by Crippen LogP contribution is 2.25. The Bertz CT molecular complexity index is 531. The summed E-state index contributed by atoms with van der Waals surface area (Å²) in [5.41, 5.74) is 1.11. The third kappa shape index (κ3) is 8.80. The van der Waals surface area contributed by atoms with Gasteiger partial charge in [0.05, 0.1) is 7.11 Å². The number of hydrogen-bond acceptors (Lipinski definition) is 5. The Morgan fingerprint density at radius 1 is 1.11 bits per heavy atom. The minimum absolute atomic E-state index is 0.312. The van der Waals surface area contributed by atoms with Crippen molar-refractivity contribution in [3.05, 3.63) is 23.8 Å². The molecule has 28 heavy (non-hydrogen) atoms. The smallest absolute Gasteiger partial charge is 0.127 e. The lowest BCUT2D eigenvalue weighted by Gasteiger charge is -2.27. The average Bonchev–Trinajstić information content (AvgIpc) is 2.68. The second-order valence-electron chi connectivity index (χ2n) is 7.89. The van der Waals surface area contributed by atoms with E-state index in [2.05, 4.69) is 17.1 Å². The van der Waals surface area contributed by atoms with Gasteiger partial charge in [-0.1, -0.05) is 45.1 Å². The first-order valence-electron chi connectivity index (χ1n) is 11.1. The molecule has 1 aliphatic rings. The minimum Gasteiger partial charge on any atom is -0.497 e. The minimum atomic E-state index is -0.476. The molecule has 0 bridgehead atoms. The topological polar surface area (TPSA) is 54.0 Å². The first-order valence-corrected chi connectivity index (χ1v) is 11.1. The summed E-state index contributed by atoms with van der Waals surface area (Å²) < 4.78 is 11.4. The van der Waals surface area contributed by atoms with E-state index in [0.29, 0.717) is 13.2 Å². The van der Waals surface area contributed by atoms with E-state index in [1.54, 1.807) is 7.11 Å². The van der Waals surface area contributed by atoms with Crippen molar-refractivity contribution >= 4 is 0 Å². The van der Waals surface area contributed by atoms with Crippen LogP contribution in [0.15, 0.2) is 18.2 Å². The first kappa shape index (κ1) is 23.0. The van der Waals surface area contributed by atoms with Crippen molar-refractivity contribution in [3.8, 4) is 11.5 Å². The standard InChI is InChI=1S/C23H40N2O3/c1-3-4-8-13-24-17-20-11-12-22(27-2)16-23(20)28-19-21(26)18-25-14-9-6-5-7-10-15-25/h11-12,16,21,24,26H,3-10,13-15,17-19H2,1-2H3. The second kappa shape index (κ2) is 13.8. The van der Waals surface area contributed by atoms with Crippen LogP contribution in [0.3, 0.4) is 0 Å². The van der Waals surface area contributed by atoms with Gasteiger partial charge < -0.3 is 24.8 Å². The Hall–Kier alpha value is -1.30. The highest BCUT2D eigenvalue weighted by atomic mass is 16.5. The molecule has 160 valence electrons. The van der Waals surface area contributed by atoms with Gasteiger partial charge in [0.25, 0.3) is 0 Å². The molecule has 1 fully saturated rings. The van der Waals surface area contributed by atoms with Crippen LogP contribution in [-0.2, 0) is 6.54 Å². The van der Waals surface area contributed by atoms with E-state index in [-0.39, 0.29) is 0 Å². The van der Waals surface area contributed by atoms with Gasteiger partial charge in [-0.25, -0.2) is 0 Å². The molecule has 0 spiro atoms. The Balaban J connectivity index is 1.84. The molecule has 0 aliphatic carbocycles. The van der Waals surface area contributed by atoms with Crippen molar-refractivity contribution in [1.82, 2.24) is 10.2 Å². The van der Waals surface area contributed by atoms with Gasteiger partial charge in [-0.3, -0.25) is 0 Å². The van der Waals surface area contributed by atoms with Gasteiger partial charge in [0.1, 0.15) is 24.2 Å². The molecule has 1 heterocycles. The quantitative estimate of drug-likeness (QED) is 0.527. The number of rotatable bonds is 12. The maximum atomic E-state index is 10.5. The van der Waals surface area contributed by atoms with Crippen molar-refractivity contribution in [2.45, 2.75) is 70.9 Å². The number of methoxy groups -OCH3 is 1. The summed E-state index contributed by atoms with van der Waals surface area (Å²) in [4.78, 5) is 2.38. The van der Waals surface area contributed by atoms with E-state index in [0.717, 1.165) is 43.2 Å². The fourth-order valence-electron chi connectivity index (χ4n) is 3.70. The molecule has 5 heteroatoms. The largest absolute Gasteiger partial charge is 0.497 e. The number of nitrogens with one attached hydrogen (secondary N) is 1. The predicted molar refractivity (Wildman–Crippen MR) is 115 cm³/mol. The summed E-state index contributed by atoms with van der Waals surface area (Å²) in [6, 6.07) is 5.93. The molecule has 1 unspecified atom stereocenters. The van der Waals surface area contributed by atoms with Crippen LogP contribution in [0.4, 0.5) is 0 Å². The number of ether oxygens (including phenoxy) is 2. The number of likely N-dealkylation sites (tertiary alicyclic amines) is 1. The second-order valence-corrected chi connectivity index (χ2v) is 7.89. The maximum Gasteiger partial charge on any atom is 0.127 e. The molecule has 1 aliphatic heterocycles. The fraction of sp³-hybridized carbons (Fsp3) is 0.739. The van der Waals surface area contributed by atoms with Gasteiger partial charge in [-0.2, -0.15) is 0 Å². The van der Waals surface area contributed by atoms with Gasteiger partial charge >= 0.3 is 0 Å². The van der Waals surface area contributed by atoms with Crippen molar-refractivity contribution in [1.29, 1.82) is 0 Å². The van der Waals surface area contributed by atoms with E-state index in [9.17, 15) is 5.11 Å². The number of nitrogens with zero attached hydrogens (tertiary/aromatic N) is 1. The van der Waals surface area contributed by atoms with Crippen LogP contribution in [0.25, 0.3) is 0 Å². The number of hydrogen-bond donors (Lipinski definition) is 2. The molecule has 0 amide bonds. The molecule has 5 nitrogen and oxygen atoms in total. The number of benzene rings is 1. The first-order chi connectivity index (χ1) is 13.7. The summed E-state index contributed by atoms with van der Waals surface area (Å²) in [5.74, 6) is 1.58. The van der Waals surface area contributed by atoms with Crippen molar-refractivity contribution < 1.29 is 14.6 Å². The Morgan fingerprint density at radius 2 is 1.86 bits per heavy atom. The lowest BCUT2D eigenvalue weighted by molar-refractivity contribution is 0.0650. The van der Waals surface area contributed by atoms with E-state index >= 15 is 0 Å². The van der Waals surface area contributed by atoms with E-state index in [1.165, 1.54) is 51.4 Å². The number of aliphatic hydroxyl groups is 1. The highest BCUT2D eigenvalue weighted by Gasteiger charge is 2.15. The van der Waals surface area contributed by atoms with Crippen LogP contribution in [-0.4, -0.2) is 56.0 Å². The van der Waals surface area contributed by atoms with Crippen molar-refractivity contribution in [3.63, 3.8) is 0 Å². The third-order valence-corrected chi connectivity index (χ3v) is 5.40. The average molecular weight is 393 g/mol. The van der Waals surface area contributed by atoms with Crippen molar-refractivity contribution in [2.75, 3.05) is 39.9 Å². The van der Waals surface area contributed by atoms with Gasteiger partial charge in [-0.15, -0.1) is 0 Å². The van der Waals surface area contributed by atoms with Gasteiger partial charge in [0.15, 0.2) is 0 Å². The van der Waals surface area contributed by atoms with Crippen LogP contribution in [0, 0.1) is 0 Å². The predicted octanol–water partition coefficient (Wildman–Crippen LogP) is 3.98. The Labute approximate surface area is 171 Å². The molecule has 0 radical (unpaired) electrons. The van der Waals surface area contributed by atoms with Crippen LogP contribution in [0.2, 0.25) is 0 Å². The van der Waals surface area contributed by atoms with E-state index in [4.69, 9.17) is 9.47 Å². The molecule has 1 saturated heterocycles. The third-order valence-electron chi connectivity index (χ3n) is 5.40. The molecule has 1 atom stereocenters. The SMILES string of the molecule is CCCCCNCc1ccc(OC)cc1OCC(O)CN1CCCCCCC1. The van der Waals surface area contributed by atoms with Gasteiger partial charge in [0.2, 0.25) is 0 Å². The lowest BCUT2D eigenvalue weighted by atomic mass is 10.1. The summed E-state index contributed by atoms with van der Waals surface area (Å²) >= 11 is 0. The number of unbranched alkanes of at least 4 members (excludes halogenated alkanes) is 2. The molecule has 2 N–H and O–H groups in total. The van der Waals surface area contributed by atoms with Gasteiger partial charge in [0, 0.05) is 24.7 Å². The lowest BCUT2D eigenvalue weighted by Crippen LogP contribution is -2.37. The van der Waals surface area contributed by atoms with Gasteiger partial charge in [-0.05, 0) is 45.0 Å². The van der Waals surface area contributed by atoms with E-state index < -0.39 is 6.10 Å². The molecule has 2 rings (SSSR count). The molecule has 1 aromatic rings.